The third kappa shape index (κ3) is 6.27. The Kier molecular flexibility index (Phi) is 8.88. The maximum atomic E-state index is 3.96. The second-order valence-corrected chi connectivity index (χ2v) is 14.3. The van der Waals surface area contributed by atoms with Crippen LogP contribution in [0.1, 0.15) is 35.6 Å². The Labute approximate surface area is 318 Å². The summed E-state index contributed by atoms with van der Waals surface area (Å²) in [6.45, 7) is 4.45. The molecule has 9 rings (SSSR count). The van der Waals surface area contributed by atoms with Gasteiger partial charge in [0.2, 0.25) is 0 Å². The molecule has 6 aromatic rings. The summed E-state index contributed by atoms with van der Waals surface area (Å²) >= 11 is 0. The molecule has 0 aromatic heterocycles. The van der Waals surface area contributed by atoms with Crippen LogP contribution in [-0.4, -0.2) is 6.71 Å². The van der Waals surface area contributed by atoms with E-state index in [9.17, 15) is 0 Å². The van der Waals surface area contributed by atoms with Crippen LogP contribution >= 0.6 is 0 Å². The molecule has 3 aliphatic rings. The van der Waals surface area contributed by atoms with Gasteiger partial charge in [-0.25, -0.2) is 0 Å². The van der Waals surface area contributed by atoms with E-state index in [-0.39, 0.29) is 6.71 Å². The molecule has 6 aromatic carbocycles. The van der Waals surface area contributed by atoms with Gasteiger partial charge in [-0.1, -0.05) is 186 Å². The van der Waals surface area contributed by atoms with E-state index in [1.165, 1.54) is 82.5 Å². The van der Waals surface area contributed by atoms with Gasteiger partial charge in [-0.3, -0.25) is 0 Å². The molecular formula is C53H39B. The summed E-state index contributed by atoms with van der Waals surface area (Å²) in [5.41, 5.74) is 23.6. The Hall–Kier alpha value is -6.62. The molecule has 254 valence electrons. The van der Waals surface area contributed by atoms with Gasteiger partial charge in [0.1, 0.15) is 0 Å². The van der Waals surface area contributed by atoms with Crippen LogP contribution in [0.5, 0.6) is 0 Å². The summed E-state index contributed by atoms with van der Waals surface area (Å²) in [5, 5.41) is 4.84. The standard InChI is InChI=1S/C53H39B/c1-37-27-29-40-17-6-7-19-44(40)36-52(37)54(53-38(2)28-30-42-18-9-11-22-49(42)53)46-21-10-8-20-45(35-46)48-26-14-25-47(50-23-12-13-24-51(48)50)43-33-31-41(32-34-43)39-15-4-3-5-16-39/h3-19,21-25,27-35H,20H2,1-2H3. The first-order chi connectivity index (χ1) is 26.6. The van der Waals surface area contributed by atoms with Crippen LogP contribution in [-0.2, 0) is 0 Å². The van der Waals surface area contributed by atoms with E-state index in [4.69, 9.17) is 0 Å². The van der Waals surface area contributed by atoms with Crippen molar-refractivity contribution >= 4 is 45.9 Å². The van der Waals surface area contributed by atoms with Crippen molar-refractivity contribution in [3.63, 3.8) is 0 Å². The molecule has 0 saturated heterocycles. The fourth-order valence-corrected chi connectivity index (χ4v) is 8.21. The first-order valence-corrected chi connectivity index (χ1v) is 18.9. The maximum Gasteiger partial charge on any atom is 0.252 e. The van der Waals surface area contributed by atoms with E-state index in [1.807, 2.05) is 0 Å². The van der Waals surface area contributed by atoms with E-state index in [0.29, 0.717) is 0 Å². The first-order valence-electron chi connectivity index (χ1n) is 18.9. The van der Waals surface area contributed by atoms with Crippen LogP contribution in [0.4, 0.5) is 0 Å². The fourth-order valence-electron chi connectivity index (χ4n) is 8.21. The van der Waals surface area contributed by atoms with E-state index < -0.39 is 0 Å². The molecule has 0 N–H and O–H groups in total. The lowest BCUT2D eigenvalue weighted by molar-refractivity contribution is 1.30. The van der Waals surface area contributed by atoms with E-state index in [2.05, 4.69) is 213 Å². The first kappa shape index (κ1) is 33.2. The smallest absolute Gasteiger partial charge is 0.117 e. The van der Waals surface area contributed by atoms with Gasteiger partial charge in [0.15, 0.2) is 0 Å². The van der Waals surface area contributed by atoms with Gasteiger partial charge in [0, 0.05) is 10.8 Å². The Morgan fingerprint density at radius 3 is 2.19 bits per heavy atom. The van der Waals surface area contributed by atoms with E-state index in [0.717, 1.165) is 17.2 Å². The number of hydrogen-bond donors (Lipinski definition) is 0. The number of aryl methyl sites for hydroxylation is 1. The molecule has 0 atom stereocenters. The molecule has 0 spiro atoms. The number of rotatable bonds is 6. The van der Waals surface area contributed by atoms with Crippen LogP contribution in [0, 0.1) is 6.92 Å². The number of benzene rings is 6. The van der Waals surface area contributed by atoms with Crippen molar-refractivity contribution in [1.29, 1.82) is 0 Å². The predicted molar refractivity (Wildman–Crippen MR) is 232 cm³/mol. The lowest BCUT2D eigenvalue weighted by atomic mass is 9.33. The van der Waals surface area contributed by atoms with Crippen LogP contribution in [0.25, 0.3) is 44.9 Å². The Bertz CT molecular complexity index is 2860. The van der Waals surface area contributed by atoms with Crippen LogP contribution in [0.3, 0.4) is 0 Å². The van der Waals surface area contributed by atoms with Gasteiger partial charge in [-0.05, 0) is 104 Å². The summed E-state index contributed by atoms with van der Waals surface area (Å²) in [5.74, 6) is 0. The van der Waals surface area contributed by atoms with Crippen molar-refractivity contribution in [2.45, 2.75) is 20.3 Å². The summed E-state index contributed by atoms with van der Waals surface area (Å²) in [7, 11) is 0. The molecule has 0 unspecified atom stereocenters. The molecule has 0 bridgehead atoms. The molecule has 0 aliphatic heterocycles. The van der Waals surface area contributed by atoms with Crippen molar-refractivity contribution in [1.82, 2.24) is 0 Å². The van der Waals surface area contributed by atoms with E-state index in [1.54, 1.807) is 0 Å². The minimum absolute atomic E-state index is 0.0490. The molecule has 1 heteroatoms. The molecule has 0 amide bonds. The molecule has 3 aliphatic carbocycles. The average molecular weight is 687 g/mol. The highest BCUT2D eigenvalue weighted by Gasteiger charge is 2.31. The third-order valence-electron chi connectivity index (χ3n) is 11.0. The zero-order chi connectivity index (χ0) is 36.4. The fraction of sp³-hybridized carbons (Fsp3) is 0.0566. The third-order valence-corrected chi connectivity index (χ3v) is 11.0. The van der Waals surface area contributed by atoms with Crippen LogP contribution in [0.15, 0.2) is 210 Å². The van der Waals surface area contributed by atoms with Crippen molar-refractivity contribution in [3.8, 4) is 11.1 Å². The molecule has 0 nitrogen and oxygen atoms in total. The number of fused-ring (bicyclic) bond motifs is 3. The molecule has 0 saturated carbocycles. The highest BCUT2D eigenvalue weighted by atomic mass is 14.2. The lowest BCUT2D eigenvalue weighted by Gasteiger charge is -2.23. The monoisotopic (exact) mass is 686 g/mol. The Morgan fingerprint density at radius 2 is 1.31 bits per heavy atom. The van der Waals surface area contributed by atoms with Gasteiger partial charge in [0.05, 0.1) is 0 Å². The van der Waals surface area contributed by atoms with Gasteiger partial charge < -0.3 is 0 Å². The predicted octanol–water partition coefficient (Wildman–Crippen LogP) is 10.8. The normalized spacial score (nSPS) is 14.6. The maximum absolute atomic E-state index is 3.96. The van der Waals surface area contributed by atoms with Gasteiger partial charge in [0.25, 0.3) is 6.71 Å². The molecular weight excluding hydrogens is 647 g/mol. The zero-order valence-electron chi connectivity index (χ0n) is 30.7. The summed E-state index contributed by atoms with van der Waals surface area (Å²) < 4.78 is 0. The topological polar surface area (TPSA) is 0 Å². The minimum Gasteiger partial charge on any atom is -0.117 e. The van der Waals surface area contributed by atoms with Crippen LogP contribution in [0.2, 0.25) is 0 Å². The second-order valence-electron chi connectivity index (χ2n) is 14.3. The second kappa shape index (κ2) is 14.4. The SMILES string of the molecule is CC1=CC=c2ccccc2=C=C1B(C1=CC=CCC(C2=C=CC=C(c3ccc(-c4ccccc4)cc3)c3ccccc32)=C1)c1c(C)ccc2ccccc12. The van der Waals surface area contributed by atoms with Gasteiger partial charge in [-0.2, -0.15) is 0 Å². The highest BCUT2D eigenvalue weighted by Crippen LogP contribution is 2.38. The van der Waals surface area contributed by atoms with Gasteiger partial charge in [-0.15, -0.1) is 11.5 Å². The zero-order valence-corrected chi connectivity index (χ0v) is 30.7. The van der Waals surface area contributed by atoms with E-state index >= 15 is 0 Å². The molecule has 0 radical (unpaired) electrons. The largest absolute Gasteiger partial charge is 0.252 e. The highest BCUT2D eigenvalue weighted by molar-refractivity contribution is 6.89. The molecule has 54 heavy (non-hydrogen) atoms. The van der Waals surface area contributed by atoms with Crippen molar-refractivity contribution in [3.05, 3.63) is 243 Å². The summed E-state index contributed by atoms with van der Waals surface area (Å²) in [6.07, 6.45) is 19.0. The van der Waals surface area contributed by atoms with Gasteiger partial charge >= 0.3 is 0 Å². The average Bonchev–Trinajstić information content (AvgIpc) is 3.65. The van der Waals surface area contributed by atoms with Crippen molar-refractivity contribution in [2.24, 2.45) is 0 Å². The Balaban J connectivity index is 1.20. The van der Waals surface area contributed by atoms with Crippen molar-refractivity contribution in [2.75, 3.05) is 0 Å². The summed E-state index contributed by atoms with van der Waals surface area (Å²) in [6, 6.07) is 50.3. The van der Waals surface area contributed by atoms with Crippen molar-refractivity contribution < 1.29 is 0 Å². The molecule has 0 heterocycles. The minimum atomic E-state index is -0.0490. The molecule has 0 fully saturated rings. The Morgan fingerprint density at radius 1 is 0.593 bits per heavy atom. The number of hydrogen-bond acceptors (Lipinski definition) is 0. The quantitative estimate of drug-likeness (QED) is 0.121. The number of allylic oxidation sites excluding steroid dienone is 11. The summed E-state index contributed by atoms with van der Waals surface area (Å²) in [4.78, 5) is 0. The van der Waals surface area contributed by atoms with Crippen LogP contribution < -0.4 is 15.9 Å². The lowest BCUT2D eigenvalue weighted by Crippen LogP contribution is -2.38.